The van der Waals surface area contributed by atoms with Gasteiger partial charge in [-0.3, -0.25) is 4.98 Å². The second-order valence-corrected chi connectivity index (χ2v) is 8.62. The number of rotatable bonds is 10. The molecule has 0 saturated heterocycles. The van der Waals surface area contributed by atoms with Crippen molar-refractivity contribution in [2.45, 2.75) is 31.9 Å². The van der Waals surface area contributed by atoms with Crippen molar-refractivity contribution in [1.82, 2.24) is 9.97 Å². The van der Waals surface area contributed by atoms with Gasteiger partial charge in [0.25, 0.3) is 0 Å². The lowest BCUT2D eigenvalue weighted by Crippen LogP contribution is -2.10. The first kappa shape index (κ1) is 23.8. The summed E-state index contributed by atoms with van der Waals surface area (Å²) in [6.45, 7) is 0.242. The van der Waals surface area contributed by atoms with Gasteiger partial charge < -0.3 is 10.1 Å². The number of nitrogens with one attached hydrogen (secondary N) is 1. The molecular weight excluding hydrogens is 459 g/mol. The van der Waals surface area contributed by atoms with Crippen molar-refractivity contribution in [2.75, 3.05) is 11.9 Å². The number of alkyl halides is 3. The number of aromatic nitrogens is 2. The van der Waals surface area contributed by atoms with Gasteiger partial charge >= 0.3 is 6.18 Å². The predicted octanol–water partition coefficient (Wildman–Crippen LogP) is 7.76. The number of unbranched alkanes of at least 4 members (excludes halogenated alkanes) is 2. The molecule has 0 radical (unpaired) electrons. The van der Waals surface area contributed by atoms with E-state index in [9.17, 15) is 13.2 Å². The Labute approximate surface area is 200 Å². The Bertz CT molecular complexity index is 1180. The van der Waals surface area contributed by atoms with Crippen LogP contribution >= 0.6 is 11.3 Å². The summed E-state index contributed by atoms with van der Waals surface area (Å²) in [5.74, 6) is -0.156. The van der Waals surface area contributed by atoms with Gasteiger partial charge in [0, 0.05) is 29.0 Å². The largest absolute Gasteiger partial charge is 0.493 e. The van der Waals surface area contributed by atoms with Crippen LogP contribution in [0.15, 0.2) is 78.4 Å². The third-order valence-corrected chi connectivity index (χ3v) is 5.97. The van der Waals surface area contributed by atoms with Crippen molar-refractivity contribution < 1.29 is 17.9 Å². The summed E-state index contributed by atoms with van der Waals surface area (Å²) in [7, 11) is 0. The molecule has 2 heterocycles. The fourth-order valence-electron chi connectivity index (χ4n) is 3.49. The van der Waals surface area contributed by atoms with Gasteiger partial charge in [0.05, 0.1) is 17.9 Å². The molecule has 0 aliphatic heterocycles. The summed E-state index contributed by atoms with van der Waals surface area (Å²) in [4.78, 5) is 8.51. The maximum Gasteiger partial charge on any atom is 0.420 e. The highest BCUT2D eigenvalue weighted by molar-refractivity contribution is 7.14. The quantitative estimate of drug-likeness (QED) is 0.234. The van der Waals surface area contributed by atoms with Crippen LogP contribution in [0.25, 0.3) is 11.3 Å². The molecule has 2 aromatic carbocycles. The fraction of sp³-hybridized carbons (Fsp3) is 0.231. The van der Waals surface area contributed by atoms with Gasteiger partial charge in [0.15, 0.2) is 5.13 Å². The summed E-state index contributed by atoms with van der Waals surface area (Å²) in [5, 5.41) is 5.30. The average Bonchev–Trinajstić information content (AvgIpc) is 3.31. The SMILES string of the molecule is FC(F)(F)c1cc(Nc2nc(-c3cccnc3)cs2)ccc1OCCCCCc1ccccc1. The maximum atomic E-state index is 13.7. The van der Waals surface area contributed by atoms with Crippen LogP contribution in [0.5, 0.6) is 5.75 Å². The zero-order valence-corrected chi connectivity index (χ0v) is 19.2. The van der Waals surface area contributed by atoms with E-state index >= 15 is 0 Å². The van der Waals surface area contributed by atoms with E-state index in [0.29, 0.717) is 22.9 Å². The van der Waals surface area contributed by atoms with E-state index in [-0.39, 0.29) is 12.4 Å². The number of hydrogen-bond donors (Lipinski definition) is 1. The number of hydrogen-bond acceptors (Lipinski definition) is 5. The minimum absolute atomic E-state index is 0.156. The number of pyridine rings is 1. The van der Waals surface area contributed by atoms with Crippen LogP contribution in [0.2, 0.25) is 0 Å². The molecule has 1 N–H and O–H groups in total. The minimum Gasteiger partial charge on any atom is -0.493 e. The highest BCUT2D eigenvalue weighted by Gasteiger charge is 2.34. The molecule has 0 aliphatic carbocycles. The third kappa shape index (κ3) is 6.57. The van der Waals surface area contributed by atoms with E-state index in [0.717, 1.165) is 30.9 Å². The Balaban J connectivity index is 1.34. The van der Waals surface area contributed by atoms with Crippen LogP contribution in [0.1, 0.15) is 30.4 Å². The second kappa shape index (κ2) is 11.2. The summed E-state index contributed by atoms with van der Waals surface area (Å²) >= 11 is 1.31. The molecule has 4 nitrogen and oxygen atoms in total. The number of ether oxygens (including phenoxy) is 1. The second-order valence-electron chi connectivity index (χ2n) is 7.76. The van der Waals surface area contributed by atoms with E-state index in [1.165, 1.54) is 23.0 Å². The number of aryl methyl sites for hydroxylation is 1. The van der Waals surface area contributed by atoms with Crippen LogP contribution in [-0.2, 0) is 12.6 Å². The predicted molar refractivity (Wildman–Crippen MR) is 130 cm³/mol. The summed E-state index contributed by atoms with van der Waals surface area (Å²) < 4.78 is 46.6. The molecule has 2 aromatic heterocycles. The summed E-state index contributed by atoms with van der Waals surface area (Å²) in [6.07, 6.45) is 2.34. The monoisotopic (exact) mass is 483 g/mol. The lowest BCUT2D eigenvalue weighted by atomic mass is 10.1. The zero-order chi connectivity index (χ0) is 23.8. The first-order valence-electron chi connectivity index (χ1n) is 11.0. The molecular formula is C26H24F3N3OS. The molecule has 176 valence electrons. The third-order valence-electron chi connectivity index (χ3n) is 5.21. The molecule has 0 amide bonds. The van der Waals surface area contributed by atoms with Gasteiger partial charge in [-0.05, 0) is 61.6 Å². The number of anilines is 2. The summed E-state index contributed by atoms with van der Waals surface area (Å²) in [6, 6.07) is 17.8. The normalized spacial score (nSPS) is 11.4. The Hall–Kier alpha value is -3.39. The van der Waals surface area contributed by atoms with Gasteiger partial charge in [0.1, 0.15) is 5.75 Å². The highest BCUT2D eigenvalue weighted by atomic mass is 32.1. The van der Waals surface area contributed by atoms with E-state index in [1.54, 1.807) is 24.5 Å². The highest BCUT2D eigenvalue weighted by Crippen LogP contribution is 2.39. The van der Waals surface area contributed by atoms with Gasteiger partial charge in [0.2, 0.25) is 0 Å². The standard InChI is InChI=1S/C26H24F3N3OS/c27-26(28,29)22-16-21(31-25-32-23(18-34-25)20-11-7-14-30-17-20)12-13-24(22)33-15-6-2-5-10-19-8-3-1-4-9-19/h1,3-4,7-9,11-14,16-18H,2,5-6,10,15H2,(H,31,32). The van der Waals surface area contributed by atoms with Crippen molar-refractivity contribution in [3.05, 3.63) is 89.6 Å². The number of thiazole rings is 1. The Morgan fingerprint density at radius 3 is 2.56 bits per heavy atom. The Morgan fingerprint density at radius 1 is 0.941 bits per heavy atom. The molecule has 34 heavy (non-hydrogen) atoms. The van der Waals surface area contributed by atoms with Crippen molar-refractivity contribution in [3.63, 3.8) is 0 Å². The van der Waals surface area contributed by atoms with Crippen LogP contribution in [-0.4, -0.2) is 16.6 Å². The van der Waals surface area contributed by atoms with Crippen molar-refractivity contribution in [1.29, 1.82) is 0 Å². The zero-order valence-electron chi connectivity index (χ0n) is 18.4. The van der Waals surface area contributed by atoms with Gasteiger partial charge in [-0.2, -0.15) is 13.2 Å². The van der Waals surface area contributed by atoms with E-state index in [1.807, 2.05) is 29.6 Å². The van der Waals surface area contributed by atoms with Crippen molar-refractivity contribution in [2.24, 2.45) is 0 Å². The molecule has 4 rings (SSSR count). The molecule has 0 saturated carbocycles. The first-order chi connectivity index (χ1) is 16.5. The molecule has 0 bridgehead atoms. The van der Waals surface area contributed by atoms with E-state index < -0.39 is 11.7 Å². The number of benzene rings is 2. The lowest BCUT2D eigenvalue weighted by molar-refractivity contribution is -0.138. The molecule has 8 heteroatoms. The van der Waals surface area contributed by atoms with Gasteiger partial charge in [-0.15, -0.1) is 11.3 Å². The average molecular weight is 484 g/mol. The molecule has 0 aliphatic rings. The Morgan fingerprint density at radius 2 is 1.79 bits per heavy atom. The lowest BCUT2D eigenvalue weighted by Gasteiger charge is -2.15. The topological polar surface area (TPSA) is 47.0 Å². The van der Waals surface area contributed by atoms with Crippen LogP contribution in [0, 0.1) is 0 Å². The van der Waals surface area contributed by atoms with Gasteiger partial charge in [-0.1, -0.05) is 30.3 Å². The smallest absolute Gasteiger partial charge is 0.420 e. The van der Waals surface area contributed by atoms with Crippen molar-refractivity contribution >= 4 is 22.2 Å². The molecule has 4 aromatic rings. The first-order valence-corrected chi connectivity index (χ1v) is 11.9. The van der Waals surface area contributed by atoms with Crippen molar-refractivity contribution in [3.8, 4) is 17.0 Å². The number of halogens is 3. The van der Waals surface area contributed by atoms with Crippen LogP contribution in [0.4, 0.5) is 24.0 Å². The molecule has 0 atom stereocenters. The van der Waals surface area contributed by atoms with E-state index in [4.69, 9.17) is 4.74 Å². The molecule has 0 spiro atoms. The van der Waals surface area contributed by atoms with Crippen LogP contribution < -0.4 is 10.1 Å². The van der Waals surface area contributed by atoms with Gasteiger partial charge in [-0.25, -0.2) is 4.98 Å². The Kier molecular flexibility index (Phi) is 7.80. The number of nitrogens with zero attached hydrogens (tertiary/aromatic N) is 2. The summed E-state index contributed by atoms with van der Waals surface area (Å²) in [5.41, 5.74) is 2.32. The maximum absolute atomic E-state index is 13.7. The molecule has 0 fully saturated rings. The minimum atomic E-state index is -4.52. The van der Waals surface area contributed by atoms with Crippen LogP contribution in [0.3, 0.4) is 0 Å². The molecule has 0 unspecified atom stereocenters. The van der Waals surface area contributed by atoms with E-state index in [2.05, 4.69) is 27.4 Å². The fourth-order valence-corrected chi connectivity index (χ4v) is 4.23.